The van der Waals surface area contributed by atoms with E-state index in [2.05, 4.69) is 5.32 Å². The summed E-state index contributed by atoms with van der Waals surface area (Å²) in [6.45, 7) is 1.89. The molecule has 0 fully saturated rings. The van der Waals surface area contributed by atoms with Gasteiger partial charge in [-0.2, -0.15) is 0 Å². The highest BCUT2D eigenvalue weighted by molar-refractivity contribution is 7.91. The number of fused-ring (bicyclic) bond motifs is 1. The summed E-state index contributed by atoms with van der Waals surface area (Å²) in [5.41, 5.74) is 2.01. The number of thiophene rings is 1. The Balaban J connectivity index is 1.80. The molecule has 1 amide bonds. The average molecular weight is 430 g/mol. The van der Waals surface area contributed by atoms with Crippen LogP contribution in [0.1, 0.15) is 28.3 Å². The fourth-order valence-electron chi connectivity index (χ4n) is 3.44. The van der Waals surface area contributed by atoms with Gasteiger partial charge in [0.15, 0.2) is 11.5 Å². The number of phenols is 1. The minimum atomic E-state index is -3.78. The summed E-state index contributed by atoms with van der Waals surface area (Å²) in [4.78, 5) is 13.4. The number of sulfone groups is 1. The number of ether oxygens (including phenoxy) is 1. The molecular formula is C21H19NO5S2. The molecule has 1 atom stereocenters. The molecule has 0 spiro atoms. The first-order valence-electron chi connectivity index (χ1n) is 8.91. The van der Waals surface area contributed by atoms with Crippen LogP contribution in [0.15, 0.2) is 57.6 Å². The quantitative estimate of drug-likeness (QED) is 0.652. The highest BCUT2D eigenvalue weighted by Gasteiger charge is 2.34. The van der Waals surface area contributed by atoms with Gasteiger partial charge in [0, 0.05) is 22.6 Å². The maximum atomic E-state index is 13.2. The van der Waals surface area contributed by atoms with Crippen molar-refractivity contribution in [2.24, 2.45) is 0 Å². The molecule has 0 aliphatic carbocycles. The fourth-order valence-corrected chi connectivity index (χ4v) is 6.35. The Morgan fingerprint density at radius 1 is 1.17 bits per heavy atom. The van der Waals surface area contributed by atoms with Gasteiger partial charge in [-0.3, -0.25) is 4.79 Å². The van der Waals surface area contributed by atoms with Gasteiger partial charge in [-0.15, -0.1) is 11.3 Å². The third kappa shape index (κ3) is 3.38. The number of carbonyl (C=O) groups is 1. The Morgan fingerprint density at radius 2 is 1.90 bits per heavy atom. The van der Waals surface area contributed by atoms with Crippen molar-refractivity contribution >= 4 is 32.8 Å². The Morgan fingerprint density at radius 3 is 2.55 bits per heavy atom. The predicted molar refractivity (Wildman–Crippen MR) is 111 cm³/mol. The van der Waals surface area contributed by atoms with Gasteiger partial charge in [0.05, 0.1) is 17.7 Å². The summed E-state index contributed by atoms with van der Waals surface area (Å²) in [6, 6.07) is 11.6. The Kier molecular flexibility index (Phi) is 4.84. The number of methoxy groups -OCH3 is 1. The first-order chi connectivity index (χ1) is 13.8. The summed E-state index contributed by atoms with van der Waals surface area (Å²) in [7, 11) is -2.31. The van der Waals surface area contributed by atoms with E-state index in [-0.39, 0.29) is 33.8 Å². The topological polar surface area (TPSA) is 92.7 Å². The number of aromatic hydroxyl groups is 1. The molecule has 0 bridgehead atoms. The van der Waals surface area contributed by atoms with Gasteiger partial charge in [0.1, 0.15) is 4.90 Å². The van der Waals surface area contributed by atoms with Crippen LogP contribution < -0.4 is 10.1 Å². The van der Waals surface area contributed by atoms with Crippen LogP contribution in [0.3, 0.4) is 0 Å². The molecule has 0 saturated carbocycles. The monoisotopic (exact) mass is 429 g/mol. The highest BCUT2D eigenvalue weighted by Crippen LogP contribution is 2.46. The van der Waals surface area contributed by atoms with Crippen LogP contribution >= 0.6 is 11.3 Å². The predicted octanol–water partition coefficient (Wildman–Crippen LogP) is 4.08. The third-order valence-corrected chi connectivity index (χ3v) is 8.02. The Hall–Kier alpha value is -2.84. The van der Waals surface area contributed by atoms with Crippen LogP contribution in [0.25, 0.3) is 0 Å². The number of rotatable bonds is 4. The summed E-state index contributed by atoms with van der Waals surface area (Å²) in [5.74, 6) is -0.302. The second-order valence-corrected chi connectivity index (χ2v) is 9.72. The van der Waals surface area contributed by atoms with Crippen LogP contribution in [0.2, 0.25) is 0 Å². The molecule has 1 aromatic heterocycles. The normalized spacial score (nSPS) is 16.2. The zero-order valence-corrected chi connectivity index (χ0v) is 17.4. The number of hydrogen-bond donors (Lipinski definition) is 2. The maximum absolute atomic E-state index is 13.2. The largest absolute Gasteiger partial charge is 0.504 e. The lowest BCUT2D eigenvalue weighted by Crippen LogP contribution is -2.23. The van der Waals surface area contributed by atoms with Gasteiger partial charge < -0.3 is 15.2 Å². The van der Waals surface area contributed by atoms with Crippen molar-refractivity contribution in [3.8, 4) is 11.5 Å². The van der Waals surface area contributed by atoms with E-state index >= 15 is 0 Å². The molecule has 1 aliphatic heterocycles. The first kappa shape index (κ1) is 19.5. The number of hydrogen-bond acceptors (Lipinski definition) is 6. The molecular weight excluding hydrogens is 410 g/mol. The number of amides is 1. The zero-order chi connectivity index (χ0) is 20.8. The molecule has 0 radical (unpaired) electrons. The number of carbonyl (C=O) groups excluding carboxylic acids is 1. The van der Waals surface area contributed by atoms with Crippen molar-refractivity contribution in [2.75, 3.05) is 12.4 Å². The number of benzene rings is 2. The molecule has 0 unspecified atom stereocenters. The second-order valence-electron chi connectivity index (χ2n) is 6.89. The van der Waals surface area contributed by atoms with Gasteiger partial charge in [0.2, 0.25) is 15.7 Å². The van der Waals surface area contributed by atoms with Gasteiger partial charge in [-0.25, -0.2) is 8.42 Å². The lowest BCUT2D eigenvalue weighted by atomic mass is 9.90. The summed E-state index contributed by atoms with van der Waals surface area (Å²) >= 11 is 1.29. The van der Waals surface area contributed by atoms with E-state index in [0.29, 0.717) is 11.4 Å². The van der Waals surface area contributed by atoms with Crippen molar-refractivity contribution in [3.63, 3.8) is 0 Å². The summed E-state index contributed by atoms with van der Waals surface area (Å²) in [5, 5.41) is 14.4. The zero-order valence-electron chi connectivity index (χ0n) is 15.8. The van der Waals surface area contributed by atoms with E-state index in [1.165, 1.54) is 18.4 Å². The molecule has 1 aliphatic rings. The summed E-state index contributed by atoms with van der Waals surface area (Å²) in [6.07, 6.45) is 0.170. The van der Waals surface area contributed by atoms with E-state index in [9.17, 15) is 18.3 Å². The molecule has 150 valence electrons. The van der Waals surface area contributed by atoms with Crippen molar-refractivity contribution in [3.05, 3.63) is 63.8 Å². The maximum Gasteiger partial charge on any atom is 0.225 e. The minimum absolute atomic E-state index is 0.0263. The second kappa shape index (κ2) is 7.20. The molecule has 6 nitrogen and oxygen atoms in total. The van der Waals surface area contributed by atoms with E-state index in [1.54, 1.807) is 47.8 Å². The molecule has 2 aromatic carbocycles. The molecule has 4 rings (SSSR count). The number of anilines is 1. The third-order valence-electron chi connectivity index (χ3n) is 4.98. The highest BCUT2D eigenvalue weighted by atomic mass is 32.2. The average Bonchev–Trinajstić information content (AvgIpc) is 3.12. The van der Waals surface area contributed by atoms with Crippen molar-refractivity contribution in [1.29, 1.82) is 0 Å². The Labute approximate surface area is 172 Å². The standard InChI is InChI=1S/C21H19NO5S2/c1-12-3-6-14(7-4-12)29(25,26)18-11-28-21-15(10-19(24)22-20(18)21)13-5-8-17(27-2)16(23)9-13/h3-9,11,15,23H,10H2,1-2H3,(H,22,24)/t15-/m0/s1. The van der Waals surface area contributed by atoms with Gasteiger partial charge in [0.25, 0.3) is 0 Å². The van der Waals surface area contributed by atoms with Crippen LogP contribution in [-0.2, 0) is 14.6 Å². The first-order valence-corrected chi connectivity index (χ1v) is 11.3. The van der Waals surface area contributed by atoms with Gasteiger partial charge in [-0.1, -0.05) is 23.8 Å². The van der Waals surface area contributed by atoms with E-state index in [0.717, 1.165) is 16.0 Å². The van der Waals surface area contributed by atoms with Crippen LogP contribution in [0.4, 0.5) is 5.69 Å². The van der Waals surface area contributed by atoms with Crippen molar-refractivity contribution in [1.82, 2.24) is 0 Å². The lowest BCUT2D eigenvalue weighted by Gasteiger charge is -2.24. The molecule has 2 N–H and O–H groups in total. The molecule has 29 heavy (non-hydrogen) atoms. The SMILES string of the molecule is COc1ccc([C@@H]2CC(=O)Nc3c(S(=O)(=O)c4ccc(C)cc4)csc32)cc1O. The van der Waals surface area contributed by atoms with Crippen LogP contribution in [0.5, 0.6) is 11.5 Å². The number of phenolic OH excluding ortho intramolecular Hbond substituents is 1. The van der Waals surface area contributed by atoms with E-state index in [4.69, 9.17) is 4.74 Å². The fraction of sp³-hybridized carbons (Fsp3) is 0.190. The number of aryl methyl sites for hydroxylation is 1. The van der Waals surface area contributed by atoms with Crippen LogP contribution in [-0.4, -0.2) is 26.5 Å². The molecule has 3 aromatic rings. The molecule has 2 heterocycles. The van der Waals surface area contributed by atoms with Crippen molar-refractivity contribution in [2.45, 2.75) is 29.1 Å². The van der Waals surface area contributed by atoms with Gasteiger partial charge >= 0.3 is 0 Å². The summed E-state index contributed by atoms with van der Waals surface area (Å²) < 4.78 is 31.4. The minimum Gasteiger partial charge on any atom is -0.504 e. The van der Waals surface area contributed by atoms with Crippen LogP contribution in [0, 0.1) is 6.92 Å². The van der Waals surface area contributed by atoms with E-state index in [1.807, 2.05) is 6.92 Å². The molecule has 8 heteroatoms. The van der Waals surface area contributed by atoms with E-state index < -0.39 is 9.84 Å². The smallest absolute Gasteiger partial charge is 0.225 e. The molecule has 0 saturated heterocycles. The number of nitrogens with one attached hydrogen (secondary N) is 1. The Bertz CT molecular complexity index is 1200. The van der Waals surface area contributed by atoms with Crippen molar-refractivity contribution < 1.29 is 23.1 Å². The lowest BCUT2D eigenvalue weighted by molar-refractivity contribution is -0.116. The van der Waals surface area contributed by atoms with Gasteiger partial charge in [-0.05, 0) is 36.8 Å².